The number of nitrogens with zero attached hydrogens (tertiary/aromatic N) is 2. The van der Waals surface area contributed by atoms with Gasteiger partial charge in [0.25, 0.3) is 0 Å². The van der Waals surface area contributed by atoms with Crippen LogP contribution in [-0.4, -0.2) is 33.5 Å². The van der Waals surface area contributed by atoms with Crippen LogP contribution in [0.3, 0.4) is 0 Å². The molecule has 31 heavy (non-hydrogen) atoms. The Kier molecular flexibility index (Phi) is 5.99. The van der Waals surface area contributed by atoms with Gasteiger partial charge in [-0.15, -0.1) is 0 Å². The minimum absolute atomic E-state index is 0.106. The van der Waals surface area contributed by atoms with Gasteiger partial charge in [0.1, 0.15) is 5.52 Å². The van der Waals surface area contributed by atoms with Gasteiger partial charge in [0, 0.05) is 36.2 Å². The van der Waals surface area contributed by atoms with Crippen molar-refractivity contribution in [2.75, 3.05) is 11.9 Å². The number of nitrogens with one attached hydrogen (secondary N) is 3. The van der Waals surface area contributed by atoms with Crippen molar-refractivity contribution in [2.45, 2.75) is 19.8 Å². The van der Waals surface area contributed by atoms with E-state index in [-0.39, 0.29) is 11.8 Å². The number of fused-ring (bicyclic) bond motifs is 1. The number of rotatable bonds is 7. The third kappa shape index (κ3) is 4.92. The Morgan fingerprint density at radius 2 is 2.06 bits per heavy atom. The highest BCUT2D eigenvalue weighted by Crippen LogP contribution is 2.33. The van der Waals surface area contributed by atoms with Crippen LogP contribution in [0.1, 0.15) is 19.8 Å². The number of amides is 2. The Bertz CT molecular complexity index is 1250. The third-order valence-electron chi connectivity index (χ3n) is 4.61. The highest BCUT2D eigenvalue weighted by atomic mass is 35.5. The van der Waals surface area contributed by atoms with E-state index in [1.165, 1.54) is 6.92 Å². The zero-order valence-electron chi connectivity index (χ0n) is 16.7. The summed E-state index contributed by atoms with van der Waals surface area (Å²) in [6.45, 7) is 1.92. The fraction of sp³-hybridized carbons (Fsp3) is 0.182. The molecule has 4 rings (SSSR count). The quantitative estimate of drug-likeness (QED) is 0.371. The summed E-state index contributed by atoms with van der Waals surface area (Å²) in [5, 5.41) is 13.3. The number of aromatic amines is 1. The maximum atomic E-state index is 12.2. The molecule has 0 spiro atoms. The number of carbonyl (C=O) groups is 2. The molecule has 2 heterocycles. The minimum Gasteiger partial charge on any atom is -0.436 e. The number of hydrogen-bond acceptors (Lipinski definition) is 5. The Labute approximate surface area is 183 Å². The van der Waals surface area contributed by atoms with Crippen LogP contribution in [0.15, 0.2) is 53.1 Å². The van der Waals surface area contributed by atoms with Crippen LogP contribution in [0.2, 0.25) is 5.02 Å². The molecule has 0 atom stereocenters. The summed E-state index contributed by atoms with van der Waals surface area (Å²) in [5.41, 5.74) is 4.20. The topological polar surface area (TPSA) is 113 Å². The maximum Gasteiger partial charge on any atom is 0.231 e. The van der Waals surface area contributed by atoms with E-state index in [2.05, 4.69) is 25.8 Å². The third-order valence-corrected chi connectivity index (χ3v) is 4.84. The Balaban J connectivity index is 1.51. The van der Waals surface area contributed by atoms with Crippen molar-refractivity contribution in [1.29, 1.82) is 0 Å². The first-order valence-electron chi connectivity index (χ1n) is 9.74. The Morgan fingerprint density at radius 3 is 2.90 bits per heavy atom. The van der Waals surface area contributed by atoms with Gasteiger partial charge in [0.2, 0.25) is 17.7 Å². The number of oxazole rings is 1. The lowest BCUT2D eigenvalue weighted by atomic mass is 10.1. The molecular weight excluding hydrogens is 418 g/mol. The van der Waals surface area contributed by atoms with E-state index in [1.54, 1.807) is 24.4 Å². The summed E-state index contributed by atoms with van der Waals surface area (Å²) in [4.78, 5) is 27.6. The molecule has 0 unspecified atom stereocenters. The summed E-state index contributed by atoms with van der Waals surface area (Å²) in [6, 6.07) is 12.7. The van der Waals surface area contributed by atoms with Gasteiger partial charge in [-0.05, 0) is 36.8 Å². The number of aromatic nitrogens is 3. The predicted octanol–water partition coefficient (Wildman–Crippen LogP) is 4.39. The van der Waals surface area contributed by atoms with Gasteiger partial charge in [0.05, 0.1) is 17.5 Å². The molecule has 0 fully saturated rings. The van der Waals surface area contributed by atoms with Crippen molar-refractivity contribution in [3.63, 3.8) is 0 Å². The first kappa shape index (κ1) is 20.6. The molecule has 8 nitrogen and oxygen atoms in total. The van der Waals surface area contributed by atoms with Gasteiger partial charge in [-0.3, -0.25) is 14.7 Å². The lowest BCUT2D eigenvalue weighted by Gasteiger charge is -2.08. The summed E-state index contributed by atoms with van der Waals surface area (Å²) < 4.78 is 5.87. The summed E-state index contributed by atoms with van der Waals surface area (Å²) >= 11 is 6.04. The fourth-order valence-corrected chi connectivity index (χ4v) is 3.34. The van der Waals surface area contributed by atoms with Gasteiger partial charge in [-0.25, -0.2) is 4.98 Å². The van der Waals surface area contributed by atoms with Crippen molar-refractivity contribution in [2.24, 2.45) is 0 Å². The van der Waals surface area contributed by atoms with Crippen molar-refractivity contribution in [3.05, 3.63) is 53.7 Å². The zero-order chi connectivity index (χ0) is 21.8. The number of anilines is 1. The average molecular weight is 438 g/mol. The minimum atomic E-state index is -0.122. The number of benzene rings is 2. The van der Waals surface area contributed by atoms with Gasteiger partial charge in [0.15, 0.2) is 5.58 Å². The highest BCUT2D eigenvalue weighted by Gasteiger charge is 2.16. The molecule has 0 saturated heterocycles. The van der Waals surface area contributed by atoms with Crippen LogP contribution < -0.4 is 10.6 Å². The molecule has 9 heteroatoms. The predicted molar refractivity (Wildman–Crippen MR) is 119 cm³/mol. The molecule has 0 aliphatic heterocycles. The molecule has 158 valence electrons. The number of halogens is 1. The normalized spacial score (nSPS) is 10.9. The molecular formula is C22H20ClN5O3. The van der Waals surface area contributed by atoms with Crippen molar-refractivity contribution < 1.29 is 14.0 Å². The molecule has 2 aromatic heterocycles. The van der Waals surface area contributed by atoms with E-state index < -0.39 is 0 Å². The molecule has 0 saturated carbocycles. The molecule has 0 bridgehead atoms. The molecule has 2 amide bonds. The largest absolute Gasteiger partial charge is 0.436 e. The maximum absolute atomic E-state index is 12.2. The van der Waals surface area contributed by atoms with Crippen LogP contribution in [0.4, 0.5) is 5.69 Å². The summed E-state index contributed by atoms with van der Waals surface area (Å²) in [7, 11) is 0. The van der Waals surface area contributed by atoms with Crippen LogP contribution in [0.25, 0.3) is 33.8 Å². The van der Waals surface area contributed by atoms with Gasteiger partial charge < -0.3 is 15.1 Å². The van der Waals surface area contributed by atoms with Crippen LogP contribution in [0, 0.1) is 0 Å². The lowest BCUT2D eigenvalue weighted by Crippen LogP contribution is -2.22. The SMILES string of the molecule is CC(=O)NCCCC(=O)Nc1cccc(-c2[nH]ncc2-c2nc3cc(Cl)ccc3o2)c1. The molecule has 2 aromatic carbocycles. The van der Waals surface area contributed by atoms with Crippen molar-refractivity contribution >= 4 is 40.2 Å². The van der Waals surface area contributed by atoms with Gasteiger partial charge in [-0.1, -0.05) is 23.7 Å². The van der Waals surface area contributed by atoms with E-state index >= 15 is 0 Å². The first-order valence-corrected chi connectivity index (χ1v) is 10.1. The van der Waals surface area contributed by atoms with E-state index in [9.17, 15) is 9.59 Å². The lowest BCUT2D eigenvalue weighted by molar-refractivity contribution is -0.119. The molecule has 0 aliphatic rings. The second kappa shape index (κ2) is 9.01. The number of carbonyl (C=O) groups excluding carboxylic acids is 2. The highest BCUT2D eigenvalue weighted by molar-refractivity contribution is 6.31. The van der Waals surface area contributed by atoms with Crippen LogP contribution >= 0.6 is 11.6 Å². The van der Waals surface area contributed by atoms with E-state index in [4.69, 9.17) is 16.0 Å². The van der Waals surface area contributed by atoms with Gasteiger partial charge in [-0.2, -0.15) is 5.10 Å². The van der Waals surface area contributed by atoms with E-state index in [0.717, 1.165) is 11.3 Å². The second-order valence-corrected chi connectivity index (χ2v) is 7.44. The molecule has 4 aromatic rings. The van der Waals surface area contributed by atoms with E-state index in [0.29, 0.717) is 52.7 Å². The Morgan fingerprint density at radius 1 is 1.19 bits per heavy atom. The van der Waals surface area contributed by atoms with Crippen LogP contribution in [0.5, 0.6) is 0 Å². The van der Waals surface area contributed by atoms with Crippen molar-refractivity contribution in [3.8, 4) is 22.7 Å². The van der Waals surface area contributed by atoms with Gasteiger partial charge >= 0.3 is 0 Å². The number of hydrogen-bond donors (Lipinski definition) is 3. The van der Waals surface area contributed by atoms with Crippen molar-refractivity contribution in [1.82, 2.24) is 20.5 Å². The fourth-order valence-electron chi connectivity index (χ4n) is 3.17. The molecule has 0 aliphatic carbocycles. The average Bonchev–Trinajstić information content (AvgIpc) is 3.37. The van der Waals surface area contributed by atoms with Crippen LogP contribution in [-0.2, 0) is 9.59 Å². The smallest absolute Gasteiger partial charge is 0.231 e. The summed E-state index contributed by atoms with van der Waals surface area (Å²) in [6.07, 6.45) is 2.53. The second-order valence-electron chi connectivity index (χ2n) is 7.01. The zero-order valence-corrected chi connectivity index (χ0v) is 17.5. The standard InChI is InChI=1S/C22H20ClN5O3/c1-13(29)24-9-3-6-20(30)26-16-5-2-4-14(10-16)21-17(12-25-28-21)22-27-18-11-15(23)7-8-19(18)31-22/h2,4-5,7-8,10-12H,3,6,9H2,1H3,(H,24,29)(H,25,28)(H,26,30). The first-order chi connectivity index (χ1) is 15.0. The molecule has 0 radical (unpaired) electrons. The Hall–Kier alpha value is -3.65. The van der Waals surface area contributed by atoms with E-state index in [1.807, 2.05) is 24.3 Å². The number of H-pyrrole nitrogens is 1. The summed E-state index contributed by atoms with van der Waals surface area (Å²) in [5.74, 6) is 0.196. The molecule has 3 N–H and O–H groups in total. The monoisotopic (exact) mass is 437 g/mol.